The summed E-state index contributed by atoms with van der Waals surface area (Å²) in [6, 6.07) is 11.8. The number of amides is 1. The molecule has 0 N–H and O–H groups in total. The number of nitrogens with zero attached hydrogens (tertiary/aromatic N) is 5. The molecule has 2 heterocycles. The van der Waals surface area contributed by atoms with Crippen molar-refractivity contribution in [3.8, 4) is 11.6 Å². The minimum absolute atomic E-state index is 0.0272. The van der Waals surface area contributed by atoms with Crippen molar-refractivity contribution in [1.29, 1.82) is 0 Å². The number of allylic oxidation sites excluding steroid dienone is 1. The number of carbonyl (C=O) groups is 1. The molecule has 0 fully saturated rings. The lowest BCUT2D eigenvalue weighted by Gasteiger charge is -2.18. The van der Waals surface area contributed by atoms with Crippen LogP contribution in [0.2, 0.25) is 0 Å². The first-order valence-electron chi connectivity index (χ1n) is 9.20. The molecule has 0 aliphatic heterocycles. The van der Waals surface area contributed by atoms with Gasteiger partial charge in [0.25, 0.3) is 0 Å². The highest BCUT2D eigenvalue weighted by molar-refractivity contribution is 7.99. The summed E-state index contributed by atoms with van der Waals surface area (Å²) in [6.07, 6.45) is 3.36. The molecule has 0 saturated heterocycles. The van der Waals surface area contributed by atoms with E-state index in [0.717, 1.165) is 11.3 Å². The summed E-state index contributed by atoms with van der Waals surface area (Å²) in [6.45, 7) is 4.89. The Hall–Kier alpha value is -3.00. The van der Waals surface area contributed by atoms with Crippen LogP contribution in [0.15, 0.2) is 64.9 Å². The van der Waals surface area contributed by atoms with Gasteiger partial charge in [0.05, 0.1) is 12.0 Å². The van der Waals surface area contributed by atoms with Crippen molar-refractivity contribution >= 4 is 23.4 Å². The van der Waals surface area contributed by atoms with Gasteiger partial charge in [-0.05, 0) is 29.8 Å². The van der Waals surface area contributed by atoms with Crippen LogP contribution in [-0.2, 0) is 17.9 Å². The van der Waals surface area contributed by atoms with E-state index in [1.54, 1.807) is 23.3 Å². The summed E-state index contributed by atoms with van der Waals surface area (Å²) in [5.41, 5.74) is 2.22. The van der Waals surface area contributed by atoms with Crippen LogP contribution in [0.25, 0.3) is 11.6 Å². The molecule has 1 aromatic carbocycles. The molecule has 0 bridgehead atoms. The standard InChI is InChI=1S/C21H25N5O2S/c1-5-12-26-20(18-7-6-13-28-18)22-23-21(26)29-15-19(27)25(4)14-16-8-10-17(11-9-16)24(2)3/h5-11,13H,1,12,14-15H2,2-4H3. The molecule has 0 saturated carbocycles. The van der Waals surface area contributed by atoms with Crippen molar-refractivity contribution in [3.63, 3.8) is 0 Å². The number of aromatic nitrogens is 3. The third-order valence-corrected chi connectivity index (χ3v) is 5.34. The molecule has 0 radical (unpaired) electrons. The molecule has 0 unspecified atom stereocenters. The average molecular weight is 412 g/mol. The van der Waals surface area contributed by atoms with Crippen LogP contribution in [-0.4, -0.2) is 52.5 Å². The highest BCUT2D eigenvalue weighted by Gasteiger charge is 2.18. The Balaban J connectivity index is 1.62. The van der Waals surface area contributed by atoms with Crippen LogP contribution in [0.1, 0.15) is 5.56 Å². The van der Waals surface area contributed by atoms with Crippen LogP contribution < -0.4 is 4.90 Å². The second kappa shape index (κ2) is 9.47. The monoisotopic (exact) mass is 411 g/mol. The zero-order chi connectivity index (χ0) is 20.8. The number of furan rings is 1. The van der Waals surface area contributed by atoms with Crippen LogP contribution in [0, 0.1) is 0 Å². The fraction of sp³-hybridized carbons (Fsp3) is 0.286. The van der Waals surface area contributed by atoms with Crippen LogP contribution >= 0.6 is 11.8 Å². The zero-order valence-electron chi connectivity index (χ0n) is 16.9. The van der Waals surface area contributed by atoms with Gasteiger partial charge >= 0.3 is 0 Å². The molecule has 8 heteroatoms. The van der Waals surface area contributed by atoms with Gasteiger partial charge in [0.1, 0.15) is 0 Å². The second-order valence-corrected chi connectivity index (χ2v) is 7.72. The fourth-order valence-corrected chi connectivity index (χ4v) is 3.66. The van der Waals surface area contributed by atoms with E-state index >= 15 is 0 Å². The average Bonchev–Trinajstić information content (AvgIpc) is 3.36. The van der Waals surface area contributed by atoms with Crippen molar-refractivity contribution in [2.24, 2.45) is 0 Å². The topological polar surface area (TPSA) is 67.4 Å². The van der Waals surface area contributed by atoms with E-state index in [1.807, 2.05) is 48.8 Å². The van der Waals surface area contributed by atoms with Gasteiger partial charge in [-0.1, -0.05) is 30.0 Å². The summed E-state index contributed by atoms with van der Waals surface area (Å²) in [5, 5.41) is 9.10. The third-order valence-electron chi connectivity index (χ3n) is 4.39. The van der Waals surface area contributed by atoms with Gasteiger partial charge in [-0.15, -0.1) is 16.8 Å². The lowest BCUT2D eigenvalue weighted by atomic mass is 10.2. The van der Waals surface area contributed by atoms with Crippen molar-refractivity contribution in [2.75, 3.05) is 31.8 Å². The summed E-state index contributed by atoms with van der Waals surface area (Å²) < 4.78 is 7.32. The Labute approximate surface area is 175 Å². The molecular formula is C21H25N5O2S. The van der Waals surface area contributed by atoms with Gasteiger partial charge in [0, 0.05) is 39.9 Å². The molecule has 2 aromatic heterocycles. The van der Waals surface area contributed by atoms with Crippen LogP contribution in [0.5, 0.6) is 0 Å². The van der Waals surface area contributed by atoms with E-state index in [2.05, 4.69) is 28.9 Å². The molecule has 0 aliphatic carbocycles. The molecular weight excluding hydrogens is 386 g/mol. The molecule has 0 spiro atoms. The summed E-state index contributed by atoms with van der Waals surface area (Å²) >= 11 is 1.36. The zero-order valence-corrected chi connectivity index (χ0v) is 17.7. The number of anilines is 1. The van der Waals surface area contributed by atoms with Crippen LogP contribution in [0.3, 0.4) is 0 Å². The van der Waals surface area contributed by atoms with E-state index in [-0.39, 0.29) is 11.7 Å². The molecule has 152 valence electrons. The maximum Gasteiger partial charge on any atom is 0.233 e. The Morgan fingerprint density at radius 1 is 1.21 bits per heavy atom. The molecule has 3 rings (SSSR count). The van der Waals surface area contributed by atoms with Crippen molar-refractivity contribution in [3.05, 3.63) is 60.9 Å². The highest BCUT2D eigenvalue weighted by Crippen LogP contribution is 2.24. The first-order valence-corrected chi connectivity index (χ1v) is 10.2. The van der Waals surface area contributed by atoms with Gasteiger partial charge in [-0.3, -0.25) is 9.36 Å². The normalized spacial score (nSPS) is 10.7. The van der Waals surface area contributed by atoms with E-state index in [4.69, 9.17) is 4.42 Å². The Morgan fingerprint density at radius 2 is 1.97 bits per heavy atom. The number of rotatable bonds is 9. The molecule has 3 aromatic rings. The summed E-state index contributed by atoms with van der Waals surface area (Å²) in [5.74, 6) is 1.56. The molecule has 1 amide bonds. The maximum absolute atomic E-state index is 12.6. The van der Waals surface area contributed by atoms with Gasteiger partial charge in [-0.25, -0.2) is 0 Å². The minimum atomic E-state index is 0.0272. The molecule has 0 atom stereocenters. The predicted molar refractivity (Wildman–Crippen MR) is 116 cm³/mol. The fourth-order valence-electron chi connectivity index (χ4n) is 2.78. The number of thioether (sulfide) groups is 1. The van der Waals surface area contributed by atoms with Gasteiger partial charge < -0.3 is 14.2 Å². The molecule has 7 nitrogen and oxygen atoms in total. The quantitative estimate of drug-likeness (QED) is 0.396. The molecule has 29 heavy (non-hydrogen) atoms. The van der Waals surface area contributed by atoms with E-state index in [9.17, 15) is 4.79 Å². The Morgan fingerprint density at radius 3 is 2.59 bits per heavy atom. The SMILES string of the molecule is C=CCn1c(SCC(=O)N(C)Cc2ccc(N(C)C)cc2)nnc1-c1ccco1. The van der Waals surface area contributed by atoms with Crippen molar-refractivity contribution in [2.45, 2.75) is 18.2 Å². The third kappa shape index (κ3) is 5.08. The maximum atomic E-state index is 12.6. The van der Waals surface area contributed by atoms with Crippen LogP contribution in [0.4, 0.5) is 5.69 Å². The number of benzene rings is 1. The first kappa shape index (κ1) is 20.7. The van der Waals surface area contributed by atoms with Gasteiger partial charge in [0.15, 0.2) is 10.9 Å². The number of hydrogen-bond acceptors (Lipinski definition) is 6. The Bertz CT molecular complexity index is 948. The van der Waals surface area contributed by atoms with Crippen molar-refractivity contribution in [1.82, 2.24) is 19.7 Å². The van der Waals surface area contributed by atoms with Gasteiger partial charge in [-0.2, -0.15) is 0 Å². The number of carbonyl (C=O) groups excluding carboxylic acids is 1. The van der Waals surface area contributed by atoms with E-state index in [0.29, 0.717) is 29.8 Å². The Kier molecular flexibility index (Phi) is 6.77. The highest BCUT2D eigenvalue weighted by atomic mass is 32.2. The molecule has 0 aliphatic rings. The van der Waals surface area contributed by atoms with E-state index in [1.165, 1.54) is 11.8 Å². The lowest BCUT2D eigenvalue weighted by molar-refractivity contribution is -0.127. The largest absolute Gasteiger partial charge is 0.461 e. The van der Waals surface area contributed by atoms with E-state index < -0.39 is 0 Å². The minimum Gasteiger partial charge on any atom is -0.461 e. The second-order valence-electron chi connectivity index (χ2n) is 6.78. The predicted octanol–water partition coefficient (Wildman–Crippen LogP) is 3.54. The van der Waals surface area contributed by atoms with Gasteiger partial charge in [0.2, 0.25) is 11.7 Å². The number of hydrogen-bond donors (Lipinski definition) is 0. The van der Waals surface area contributed by atoms with Crippen molar-refractivity contribution < 1.29 is 9.21 Å². The lowest BCUT2D eigenvalue weighted by Crippen LogP contribution is -2.28. The summed E-state index contributed by atoms with van der Waals surface area (Å²) in [7, 11) is 5.82. The smallest absolute Gasteiger partial charge is 0.233 e. The first-order chi connectivity index (χ1) is 14.0. The summed E-state index contributed by atoms with van der Waals surface area (Å²) in [4.78, 5) is 16.4.